The van der Waals surface area contributed by atoms with E-state index in [9.17, 15) is 17.6 Å². The number of rotatable bonds is 8. The topological polar surface area (TPSA) is 87.6 Å². The van der Waals surface area contributed by atoms with Gasteiger partial charge in [-0.3, -0.25) is 9.78 Å². The summed E-state index contributed by atoms with van der Waals surface area (Å²) in [4.78, 5) is 14.8. The maximum atomic E-state index is 13.2. The van der Waals surface area contributed by atoms with Gasteiger partial charge in [0, 0.05) is 25.4 Å². The highest BCUT2D eigenvalue weighted by Gasteiger charge is 2.42. The molecule has 1 aromatic carbocycles. The summed E-state index contributed by atoms with van der Waals surface area (Å²) in [6.45, 7) is 0.354. The molecule has 8 heteroatoms. The van der Waals surface area contributed by atoms with E-state index in [0.717, 1.165) is 17.7 Å². The summed E-state index contributed by atoms with van der Waals surface area (Å²) < 4.78 is 41.2. The number of sulfonamides is 1. The van der Waals surface area contributed by atoms with Crippen molar-refractivity contribution in [3.05, 3.63) is 72.3 Å². The van der Waals surface area contributed by atoms with Crippen LogP contribution in [-0.4, -0.2) is 35.3 Å². The van der Waals surface area contributed by atoms with Gasteiger partial charge in [0.1, 0.15) is 5.82 Å². The van der Waals surface area contributed by atoms with Crippen molar-refractivity contribution < 1.29 is 22.7 Å². The van der Waals surface area contributed by atoms with Gasteiger partial charge in [0.15, 0.2) is 0 Å². The predicted octanol–water partition coefficient (Wildman–Crippen LogP) is 3.78. The highest BCUT2D eigenvalue weighted by molar-refractivity contribution is 7.89. The van der Waals surface area contributed by atoms with Crippen LogP contribution in [0.15, 0.2) is 65.8 Å². The van der Waals surface area contributed by atoms with Crippen LogP contribution in [-0.2, 0) is 14.8 Å². The van der Waals surface area contributed by atoms with Crippen molar-refractivity contribution in [3.8, 4) is 0 Å². The van der Waals surface area contributed by atoms with Gasteiger partial charge in [-0.1, -0.05) is 18.2 Å². The van der Waals surface area contributed by atoms with Crippen molar-refractivity contribution in [2.45, 2.75) is 36.6 Å². The molecule has 0 saturated carbocycles. The minimum absolute atomic E-state index is 0.0375. The molecule has 3 rings (SSSR count). The van der Waals surface area contributed by atoms with E-state index in [0.29, 0.717) is 25.8 Å². The Morgan fingerprint density at radius 1 is 1.24 bits per heavy atom. The summed E-state index contributed by atoms with van der Waals surface area (Å²) >= 11 is 0. The second kappa shape index (κ2) is 9.28. The average Bonchev–Trinajstić information content (AvgIpc) is 3.13. The molecule has 0 aliphatic carbocycles. The largest absolute Gasteiger partial charge is 0.481 e. The fourth-order valence-corrected chi connectivity index (χ4v) is 5.36. The molecule has 6 nitrogen and oxygen atoms in total. The summed E-state index contributed by atoms with van der Waals surface area (Å²) in [5.41, 5.74) is 0.805. The number of benzene rings is 1. The van der Waals surface area contributed by atoms with E-state index < -0.39 is 21.8 Å². The minimum atomic E-state index is -3.80. The maximum Gasteiger partial charge on any atom is 0.303 e. The Labute approximate surface area is 169 Å². The monoisotopic (exact) mass is 418 g/mol. The molecule has 2 heterocycles. The van der Waals surface area contributed by atoms with Gasteiger partial charge in [-0.2, -0.15) is 4.31 Å². The van der Waals surface area contributed by atoms with Crippen molar-refractivity contribution in [2.24, 2.45) is 5.92 Å². The van der Waals surface area contributed by atoms with E-state index >= 15 is 0 Å². The number of nitrogens with zero attached hydrogens (tertiary/aromatic N) is 2. The van der Waals surface area contributed by atoms with Crippen LogP contribution < -0.4 is 0 Å². The molecule has 2 atom stereocenters. The number of carbonyl (C=O) groups is 1. The number of carboxylic acid groups (broad SMARTS) is 1. The zero-order valence-electron chi connectivity index (χ0n) is 15.8. The molecule has 29 heavy (non-hydrogen) atoms. The quantitative estimate of drug-likeness (QED) is 0.659. The van der Waals surface area contributed by atoms with Gasteiger partial charge in [-0.15, -0.1) is 0 Å². The Kier molecular flexibility index (Phi) is 6.76. The van der Waals surface area contributed by atoms with E-state index in [4.69, 9.17) is 5.11 Å². The van der Waals surface area contributed by atoms with Crippen molar-refractivity contribution in [1.82, 2.24) is 9.29 Å². The number of pyridine rings is 1. The summed E-state index contributed by atoms with van der Waals surface area (Å²) in [6, 6.07) is 8.10. The van der Waals surface area contributed by atoms with Crippen LogP contribution in [0.1, 0.15) is 37.3 Å². The summed E-state index contributed by atoms with van der Waals surface area (Å²) in [6.07, 6.45) is 8.87. The third-order valence-corrected chi connectivity index (χ3v) is 6.95. The minimum Gasteiger partial charge on any atom is -0.481 e. The molecule has 1 saturated heterocycles. The fraction of sp³-hybridized carbons (Fsp3) is 0.333. The van der Waals surface area contributed by atoms with Crippen LogP contribution in [0.4, 0.5) is 4.39 Å². The fourth-order valence-electron chi connectivity index (χ4n) is 3.67. The first-order valence-electron chi connectivity index (χ1n) is 9.43. The molecule has 1 aromatic heterocycles. The summed E-state index contributed by atoms with van der Waals surface area (Å²) in [5.74, 6) is -1.30. The molecule has 0 amide bonds. The molecule has 0 radical (unpaired) electrons. The van der Waals surface area contributed by atoms with Gasteiger partial charge in [-0.05, 0) is 61.1 Å². The number of hydrogen-bond donors (Lipinski definition) is 1. The van der Waals surface area contributed by atoms with Gasteiger partial charge < -0.3 is 5.11 Å². The molecule has 2 aromatic rings. The third-order valence-electron chi connectivity index (χ3n) is 5.05. The third kappa shape index (κ3) is 5.07. The van der Waals surface area contributed by atoms with Crippen LogP contribution in [0.2, 0.25) is 0 Å². The lowest BCUT2D eigenvalue weighted by Crippen LogP contribution is -2.32. The van der Waals surface area contributed by atoms with Gasteiger partial charge >= 0.3 is 5.97 Å². The number of aliphatic carboxylic acids is 1. The van der Waals surface area contributed by atoms with Crippen molar-refractivity contribution in [3.63, 3.8) is 0 Å². The van der Waals surface area contributed by atoms with Crippen LogP contribution in [0.3, 0.4) is 0 Å². The Balaban J connectivity index is 1.85. The van der Waals surface area contributed by atoms with E-state index in [1.807, 2.05) is 18.2 Å². The van der Waals surface area contributed by atoms with Gasteiger partial charge in [0.25, 0.3) is 0 Å². The summed E-state index contributed by atoms with van der Waals surface area (Å²) in [7, 11) is -3.80. The number of allylic oxidation sites excluding steroid dienone is 2. The highest BCUT2D eigenvalue weighted by Crippen LogP contribution is 2.42. The second-order valence-electron chi connectivity index (χ2n) is 6.99. The lowest BCUT2D eigenvalue weighted by atomic mass is 9.92. The Morgan fingerprint density at radius 2 is 2.00 bits per heavy atom. The zero-order valence-corrected chi connectivity index (χ0v) is 16.6. The van der Waals surface area contributed by atoms with Crippen LogP contribution in [0, 0.1) is 11.7 Å². The number of halogens is 1. The van der Waals surface area contributed by atoms with E-state index in [2.05, 4.69) is 4.98 Å². The molecular weight excluding hydrogens is 395 g/mol. The molecule has 1 fully saturated rings. The standard InChI is InChI=1S/C21H23FN2O4S/c22-18-8-10-19(11-9-18)29(27,28)24-14-12-16(5-2-1-3-7-20(25)26)21(24)17-6-4-13-23-15-17/h1-2,4,6,8-11,13,15-16,21H,3,5,7,12,14H2,(H,25,26)/b2-1-/t16-,21+/m1/s1. The molecule has 0 unspecified atom stereocenters. The Bertz CT molecular complexity index is 962. The molecule has 154 valence electrons. The highest BCUT2D eigenvalue weighted by atomic mass is 32.2. The second-order valence-corrected chi connectivity index (χ2v) is 8.88. The normalized spacial score (nSPS) is 20.3. The number of carboxylic acids is 1. The maximum absolute atomic E-state index is 13.2. The SMILES string of the molecule is O=C(O)CC/C=C\C[C@@H]1CCN(S(=O)(=O)c2ccc(F)cc2)[C@@H]1c1cccnc1. The molecular formula is C21H23FN2O4S. The Morgan fingerprint density at radius 3 is 2.66 bits per heavy atom. The van der Waals surface area contributed by atoms with Gasteiger partial charge in [0.2, 0.25) is 10.0 Å². The first-order chi connectivity index (χ1) is 13.9. The molecule has 0 bridgehead atoms. The first kappa shape index (κ1) is 21.1. The van der Waals surface area contributed by atoms with Gasteiger partial charge in [0.05, 0.1) is 10.9 Å². The smallest absolute Gasteiger partial charge is 0.303 e. The van der Waals surface area contributed by atoms with Crippen molar-refractivity contribution >= 4 is 16.0 Å². The van der Waals surface area contributed by atoms with Crippen molar-refractivity contribution in [2.75, 3.05) is 6.54 Å². The first-order valence-corrected chi connectivity index (χ1v) is 10.9. The average molecular weight is 418 g/mol. The van der Waals surface area contributed by atoms with Crippen LogP contribution in [0.5, 0.6) is 0 Å². The van der Waals surface area contributed by atoms with Gasteiger partial charge in [-0.25, -0.2) is 12.8 Å². The zero-order chi connectivity index (χ0) is 20.9. The molecule has 1 aliphatic rings. The summed E-state index contributed by atoms with van der Waals surface area (Å²) in [5, 5.41) is 8.73. The number of hydrogen-bond acceptors (Lipinski definition) is 4. The molecule has 1 aliphatic heterocycles. The van der Waals surface area contributed by atoms with E-state index in [1.54, 1.807) is 18.5 Å². The predicted molar refractivity (Wildman–Crippen MR) is 106 cm³/mol. The van der Waals surface area contributed by atoms with E-state index in [1.165, 1.54) is 16.4 Å². The van der Waals surface area contributed by atoms with E-state index in [-0.39, 0.29) is 23.3 Å². The number of aromatic nitrogens is 1. The molecule has 1 N–H and O–H groups in total. The van der Waals surface area contributed by atoms with Crippen LogP contribution >= 0.6 is 0 Å². The van der Waals surface area contributed by atoms with Crippen molar-refractivity contribution in [1.29, 1.82) is 0 Å². The lowest BCUT2D eigenvalue weighted by Gasteiger charge is -2.27. The van der Waals surface area contributed by atoms with Crippen LogP contribution in [0.25, 0.3) is 0 Å². The molecule has 0 spiro atoms. The Hall–Kier alpha value is -2.58. The lowest BCUT2D eigenvalue weighted by molar-refractivity contribution is -0.136.